The van der Waals surface area contributed by atoms with Crippen LogP contribution < -0.4 is 10.3 Å². The van der Waals surface area contributed by atoms with Gasteiger partial charge in [-0.05, 0) is 22.1 Å². The van der Waals surface area contributed by atoms with Gasteiger partial charge in [0, 0.05) is 12.1 Å². The molecule has 0 spiro atoms. The monoisotopic (exact) mass is 317 g/mol. The average Bonchev–Trinajstić information content (AvgIpc) is 3.17. The molecule has 0 fully saturated rings. The Morgan fingerprint density at radius 3 is 2.73 bits per heavy atom. The summed E-state index contributed by atoms with van der Waals surface area (Å²) in [5.41, 5.74) is -0.0293. The lowest BCUT2D eigenvalue weighted by Gasteiger charge is -1.96. The van der Waals surface area contributed by atoms with Crippen LogP contribution in [0.2, 0.25) is 0 Å². The molecule has 6 nitrogen and oxygen atoms in total. The van der Waals surface area contributed by atoms with Crippen LogP contribution in [0.5, 0.6) is 0 Å². The fraction of sp³-hybridized carbons (Fsp3) is 0.133. The first kappa shape index (κ1) is 14.4. The van der Waals surface area contributed by atoms with Crippen molar-refractivity contribution < 1.29 is 18.4 Å². The molecule has 0 saturated heterocycles. The van der Waals surface area contributed by atoms with Crippen LogP contribution in [-0.2, 0) is 5.75 Å². The van der Waals surface area contributed by atoms with Crippen molar-refractivity contribution in [2.75, 3.05) is 5.75 Å². The minimum atomic E-state index is -0.674. The maximum Gasteiger partial charge on any atom is 0.438 e. The Bertz CT molecular complexity index is 806. The van der Waals surface area contributed by atoms with E-state index in [1.807, 2.05) is 24.3 Å². The summed E-state index contributed by atoms with van der Waals surface area (Å²) in [5, 5.41) is 2.46. The smallest absolute Gasteiger partial charge is 0.438 e. The summed E-state index contributed by atoms with van der Waals surface area (Å²) in [6, 6.07) is 12.7. The predicted octanol–water partition coefficient (Wildman–Crippen LogP) is 1.95. The predicted molar refractivity (Wildman–Crippen MR) is 80.1 cm³/mol. The number of thioether (sulfide) groups is 1. The van der Waals surface area contributed by atoms with E-state index in [-0.39, 0.29) is 17.2 Å². The van der Waals surface area contributed by atoms with Crippen molar-refractivity contribution >= 4 is 17.5 Å². The molecule has 0 atom stereocenters. The molecule has 0 bridgehead atoms. The molecule has 2 heterocycles. The zero-order valence-corrected chi connectivity index (χ0v) is 12.3. The molecule has 0 saturated carbocycles. The number of nitrogens with one attached hydrogen (secondary N) is 1. The van der Waals surface area contributed by atoms with Gasteiger partial charge in [0.25, 0.3) is 0 Å². The van der Waals surface area contributed by atoms with Crippen molar-refractivity contribution in [3.63, 3.8) is 0 Å². The summed E-state index contributed by atoms with van der Waals surface area (Å²) in [6.07, 6.45) is 1.59. The SMILES string of the molecule is O=C(CSCc1ccco1)c1c(=O)o[nH][n+]1-c1ccccc1. The van der Waals surface area contributed by atoms with Gasteiger partial charge in [-0.3, -0.25) is 9.32 Å². The van der Waals surface area contributed by atoms with Crippen LogP contribution in [0, 0.1) is 0 Å². The van der Waals surface area contributed by atoms with E-state index in [0.717, 1.165) is 5.76 Å². The van der Waals surface area contributed by atoms with Crippen LogP contribution in [0.25, 0.3) is 5.69 Å². The van der Waals surface area contributed by atoms with Crippen LogP contribution in [0.3, 0.4) is 0 Å². The van der Waals surface area contributed by atoms with E-state index in [1.54, 1.807) is 24.5 Å². The molecule has 3 rings (SSSR count). The largest absolute Gasteiger partial charge is 0.468 e. The molecule has 0 aliphatic heterocycles. The Hall–Kier alpha value is -2.54. The second-order valence-corrected chi connectivity index (χ2v) is 5.48. The van der Waals surface area contributed by atoms with Gasteiger partial charge in [0.05, 0.1) is 17.8 Å². The number of carbonyl (C=O) groups is 1. The number of rotatable bonds is 6. The molecule has 0 unspecified atom stereocenters. The number of ketones is 1. The Labute approximate surface area is 129 Å². The summed E-state index contributed by atoms with van der Waals surface area (Å²) in [6.45, 7) is 0. The minimum Gasteiger partial charge on any atom is -0.468 e. The maximum atomic E-state index is 12.3. The molecule has 112 valence electrons. The van der Waals surface area contributed by atoms with Gasteiger partial charge in [-0.15, -0.1) is 11.8 Å². The van der Waals surface area contributed by atoms with Crippen molar-refractivity contribution in [1.82, 2.24) is 5.27 Å². The van der Waals surface area contributed by atoms with E-state index in [4.69, 9.17) is 8.94 Å². The fourth-order valence-corrected chi connectivity index (χ4v) is 2.77. The van der Waals surface area contributed by atoms with Crippen LogP contribution in [0.4, 0.5) is 0 Å². The molecule has 0 aliphatic carbocycles. The standard InChI is InChI=1S/C15H12N2O4S/c18-13(10-22-9-12-7-4-8-20-12)14-15(19)21-16-17(14)11-5-2-1-3-6-11/h1-8H,9-10H2/p+1. The number of carbonyl (C=O) groups excluding carboxylic acids is 1. The zero-order valence-electron chi connectivity index (χ0n) is 11.5. The van der Waals surface area contributed by atoms with Gasteiger partial charge < -0.3 is 4.42 Å². The molecular weight excluding hydrogens is 304 g/mol. The van der Waals surface area contributed by atoms with Gasteiger partial charge in [-0.25, -0.2) is 4.79 Å². The Morgan fingerprint density at radius 1 is 1.18 bits per heavy atom. The number of Topliss-reactive ketones (excluding diaryl/α,β-unsaturated/α-hetero) is 1. The first-order chi connectivity index (χ1) is 10.8. The number of aromatic nitrogens is 2. The number of H-pyrrole nitrogens is 1. The zero-order chi connectivity index (χ0) is 15.4. The summed E-state index contributed by atoms with van der Waals surface area (Å²) in [7, 11) is 0. The van der Waals surface area contributed by atoms with Crippen molar-refractivity contribution in [2.45, 2.75) is 5.75 Å². The molecule has 2 aromatic heterocycles. The van der Waals surface area contributed by atoms with E-state index < -0.39 is 5.63 Å². The van der Waals surface area contributed by atoms with Gasteiger partial charge in [0.2, 0.25) is 11.5 Å². The number of hydrogen-bond acceptors (Lipinski definition) is 5. The summed E-state index contributed by atoms with van der Waals surface area (Å²) >= 11 is 1.38. The summed E-state index contributed by atoms with van der Waals surface area (Å²) in [5.74, 6) is 1.22. The maximum absolute atomic E-state index is 12.3. The number of aromatic amines is 1. The molecule has 7 heteroatoms. The van der Waals surface area contributed by atoms with Crippen molar-refractivity contribution in [3.8, 4) is 5.69 Å². The molecule has 0 radical (unpaired) electrons. The Morgan fingerprint density at radius 2 is 2.00 bits per heavy atom. The van der Waals surface area contributed by atoms with Crippen molar-refractivity contribution in [2.24, 2.45) is 0 Å². The van der Waals surface area contributed by atoms with Crippen LogP contribution in [0.15, 0.2) is 62.5 Å². The van der Waals surface area contributed by atoms with Crippen molar-refractivity contribution in [3.05, 3.63) is 70.6 Å². The molecule has 3 aromatic rings. The lowest BCUT2D eigenvalue weighted by molar-refractivity contribution is -0.672. The Kier molecular flexibility index (Phi) is 4.24. The van der Waals surface area contributed by atoms with Crippen LogP contribution >= 0.6 is 11.8 Å². The third kappa shape index (κ3) is 3.04. The average molecular weight is 317 g/mol. The highest BCUT2D eigenvalue weighted by Gasteiger charge is 2.30. The summed E-state index contributed by atoms with van der Waals surface area (Å²) < 4.78 is 11.3. The van der Waals surface area contributed by atoms with Gasteiger partial charge in [0.1, 0.15) is 5.76 Å². The van der Waals surface area contributed by atoms with Gasteiger partial charge >= 0.3 is 11.3 Å². The molecule has 22 heavy (non-hydrogen) atoms. The third-order valence-corrected chi connectivity index (χ3v) is 3.94. The number of hydrogen-bond donors (Lipinski definition) is 1. The van der Waals surface area contributed by atoms with E-state index >= 15 is 0 Å². The molecular formula is C15H13N2O4S+. The van der Waals surface area contributed by atoms with E-state index in [9.17, 15) is 9.59 Å². The number of benzene rings is 1. The highest BCUT2D eigenvalue weighted by atomic mass is 32.2. The highest BCUT2D eigenvalue weighted by Crippen LogP contribution is 2.13. The van der Waals surface area contributed by atoms with E-state index in [1.165, 1.54) is 16.4 Å². The first-order valence-corrected chi connectivity index (χ1v) is 7.73. The fourth-order valence-electron chi connectivity index (χ4n) is 1.98. The van der Waals surface area contributed by atoms with Gasteiger partial charge in [0.15, 0.2) is 0 Å². The molecule has 0 amide bonds. The number of nitrogens with zero attached hydrogens (tertiary/aromatic N) is 1. The second kappa shape index (κ2) is 6.48. The molecule has 1 aromatic carbocycles. The lowest BCUT2D eigenvalue weighted by atomic mass is 10.3. The quantitative estimate of drug-likeness (QED) is 0.555. The topological polar surface area (TPSA) is 80.1 Å². The third-order valence-electron chi connectivity index (χ3n) is 2.98. The number of para-hydroxylation sites is 1. The summed E-state index contributed by atoms with van der Waals surface area (Å²) in [4.78, 5) is 24.1. The second-order valence-electron chi connectivity index (χ2n) is 4.50. The highest BCUT2D eigenvalue weighted by molar-refractivity contribution is 7.99. The van der Waals surface area contributed by atoms with E-state index in [0.29, 0.717) is 11.4 Å². The molecule has 1 N–H and O–H groups in total. The normalized spacial score (nSPS) is 10.7. The van der Waals surface area contributed by atoms with Crippen molar-refractivity contribution in [1.29, 1.82) is 0 Å². The van der Waals surface area contributed by atoms with Crippen LogP contribution in [0.1, 0.15) is 16.2 Å². The lowest BCUT2D eigenvalue weighted by Crippen LogP contribution is -2.41. The van der Waals surface area contributed by atoms with Gasteiger partial charge in [-0.2, -0.15) is 0 Å². The van der Waals surface area contributed by atoms with Crippen LogP contribution in [-0.4, -0.2) is 16.8 Å². The molecule has 0 aliphatic rings. The first-order valence-electron chi connectivity index (χ1n) is 6.58. The minimum absolute atomic E-state index is 0.0156. The Balaban J connectivity index is 1.75. The number of furan rings is 1. The van der Waals surface area contributed by atoms with Gasteiger partial charge in [-0.1, -0.05) is 18.2 Å². The van der Waals surface area contributed by atoms with E-state index in [2.05, 4.69) is 5.27 Å².